The van der Waals surface area contributed by atoms with Gasteiger partial charge in [-0.2, -0.15) is 0 Å². The maximum Gasteiger partial charge on any atom is 0.214 e. The molecule has 1 amide bonds. The molecule has 3 rings (SSSR count). The van der Waals surface area contributed by atoms with Crippen molar-refractivity contribution in [2.24, 2.45) is 0 Å². The van der Waals surface area contributed by atoms with Gasteiger partial charge in [0.25, 0.3) is 0 Å². The highest BCUT2D eigenvalue weighted by atomic mass is 35.5. The highest BCUT2D eigenvalue weighted by Crippen LogP contribution is 2.43. The fraction of sp³-hybridized carbons (Fsp3) is 0.400. The van der Waals surface area contributed by atoms with Crippen molar-refractivity contribution in [3.8, 4) is 0 Å². The summed E-state index contributed by atoms with van der Waals surface area (Å²) in [6.45, 7) is 4.84. The molecule has 0 aliphatic carbocycles. The number of carbonyl (C=O) groups is 1. The number of ether oxygens (including phenoxy) is 1. The lowest BCUT2D eigenvalue weighted by Crippen LogP contribution is -2.42. The Bertz CT molecular complexity index is 955. The van der Waals surface area contributed by atoms with Crippen LogP contribution in [0.4, 0.5) is 5.69 Å². The van der Waals surface area contributed by atoms with Gasteiger partial charge in [0.2, 0.25) is 6.41 Å². The van der Waals surface area contributed by atoms with E-state index < -0.39 is 14.6 Å². The largest absolute Gasteiger partial charge is 0.381 e. The molecule has 2 heterocycles. The number of aryl methyl sites for hydroxylation is 1. The maximum atomic E-state index is 13.7. The zero-order valence-corrected chi connectivity index (χ0v) is 17.5. The molecule has 0 bridgehead atoms. The summed E-state index contributed by atoms with van der Waals surface area (Å²) >= 11 is 5.93. The molecule has 8 heteroatoms. The van der Waals surface area contributed by atoms with Gasteiger partial charge in [-0.1, -0.05) is 11.6 Å². The molecule has 0 spiro atoms. The van der Waals surface area contributed by atoms with Crippen LogP contribution in [0.2, 0.25) is 5.02 Å². The summed E-state index contributed by atoms with van der Waals surface area (Å²) in [5, 5.41) is 0.479. The third-order valence-corrected chi connectivity index (χ3v) is 8.03. The minimum atomic E-state index is -3.74. The minimum absolute atomic E-state index is 0.213. The van der Waals surface area contributed by atoms with Gasteiger partial charge in [-0.3, -0.25) is 9.78 Å². The van der Waals surface area contributed by atoms with Crippen LogP contribution in [-0.2, 0) is 24.1 Å². The number of nitrogens with zero attached hydrogens (tertiary/aromatic N) is 2. The van der Waals surface area contributed by atoms with Gasteiger partial charge in [0.1, 0.15) is 4.75 Å². The summed E-state index contributed by atoms with van der Waals surface area (Å²) in [6, 6.07) is 9.69. The van der Waals surface area contributed by atoms with Crippen molar-refractivity contribution in [2.75, 3.05) is 24.7 Å². The number of rotatable bonds is 6. The number of halogens is 1. The number of hydrogen-bond donors (Lipinski definition) is 0. The number of carbonyl (C=O) groups excluding carboxylic acids is 1. The van der Waals surface area contributed by atoms with Crippen molar-refractivity contribution in [3.05, 3.63) is 52.8 Å². The van der Waals surface area contributed by atoms with Gasteiger partial charge in [0.05, 0.1) is 22.0 Å². The predicted octanol–water partition coefficient (Wildman–Crippen LogP) is 3.51. The topological polar surface area (TPSA) is 76.6 Å². The molecule has 0 saturated carbocycles. The van der Waals surface area contributed by atoms with E-state index in [0.29, 0.717) is 54.7 Å². The van der Waals surface area contributed by atoms with Crippen LogP contribution >= 0.6 is 11.6 Å². The van der Waals surface area contributed by atoms with Gasteiger partial charge in [0.15, 0.2) is 9.84 Å². The van der Waals surface area contributed by atoms with E-state index in [0.717, 1.165) is 6.41 Å². The van der Waals surface area contributed by atoms with Crippen molar-refractivity contribution in [1.29, 1.82) is 0 Å². The maximum absolute atomic E-state index is 13.7. The molecule has 0 atom stereocenters. The summed E-state index contributed by atoms with van der Waals surface area (Å²) in [4.78, 5) is 17.7. The van der Waals surface area contributed by atoms with Gasteiger partial charge in [-0.15, -0.1) is 0 Å². The van der Waals surface area contributed by atoms with Crippen LogP contribution < -0.4 is 4.90 Å². The van der Waals surface area contributed by atoms with Crippen molar-refractivity contribution in [2.45, 2.75) is 36.3 Å². The summed E-state index contributed by atoms with van der Waals surface area (Å²) < 4.78 is 31.6. The molecule has 0 radical (unpaired) electrons. The molecule has 1 aliphatic heterocycles. The van der Waals surface area contributed by atoms with E-state index in [1.54, 1.807) is 31.2 Å². The average molecular weight is 423 g/mol. The lowest BCUT2D eigenvalue weighted by molar-refractivity contribution is -0.107. The van der Waals surface area contributed by atoms with Gasteiger partial charge in [-0.25, -0.2) is 8.42 Å². The molecule has 1 saturated heterocycles. The second-order valence-corrected chi connectivity index (χ2v) is 9.45. The molecule has 0 unspecified atom stereocenters. The zero-order valence-electron chi connectivity index (χ0n) is 15.9. The van der Waals surface area contributed by atoms with Gasteiger partial charge >= 0.3 is 0 Å². The first kappa shape index (κ1) is 20.8. The summed E-state index contributed by atoms with van der Waals surface area (Å²) in [5.41, 5.74) is 1.77. The van der Waals surface area contributed by atoms with Crippen LogP contribution in [0.25, 0.3) is 0 Å². The molecular formula is C20H23ClN2O4S. The van der Waals surface area contributed by atoms with E-state index in [4.69, 9.17) is 16.3 Å². The van der Waals surface area contributed by atoms with Crippen molar-refractivity contribution in [1.82, 2.24) is 4.98 Å². The van der Waals surface area contributed by atoms with Crippen LogP contribution in [0, 0.1) is 6.92 Å². The second-order valence-electron chi connectivity index (χ2n) is 6.76. The first-order valence-corrected chi connectivity index (χ1v) is 11.0. The Morgan fingerprint density at radius 1 is 1.18 bits per heavy atom. The fourth-order valence-electron chi connectivity index (χ4n) is 3.62. The quantitative estimate of drug-likeness (QED) is 0.666. The number of aromatic nitrogens is 1. The molecule has 0 N–H and O–H groups in total. The molecule has 150 valence electrons. The van der Waals surface area contributed by atoms with E-state index >= 15 is 0 Å². The Labute approximate surface area is 170 Å². The highest BCUT2D eigenvalue weighted by molar-refractivity contribution is 7.92. The Balaban J connectivity index is 2.13. The van der Waals surface area contributed by atoms with Crippen LogP contribution in [0.3, 0.4) is 0 Å². The third-order valence-electron chi connectivity index (χ3n) is 5.24. The first-order valence-electron chi connectivity index (χ1n) is 9.14. The van der Waals surface area contributed by atoms with Crippen LogP contribution in [0.1, 0.15) is 31.2 Å². The van der Waals surface area contributed by atoms with E-state index in [2.05, 4.69) is 4.98 Å². The molecule has 1 aliphatic rings. The second kappa shape index (κ2) is 8.19. The Morgan fingerprint density at radius 2 is 1.82 bits per heavy atom. The Morgan fingerprint density at radius 3 is 2.36 bits per heavy atom. The average Bonchev–Trinajstić information content (AvgIpc) is 2.70. The number of sulfone groups is 1. The number of pyridine rings is 1. The van der Waals surface area contributed by atoms with Crippen LogP contribution in [-0.4, -0.2) is 39.6 Å². The molecule has 28 heavy (non-hydrogen) atoms. The van der Waals surface area contributed by atoms with Crippen molar-refractivity contribution >= 4 is 33.5 Å². The molecular weight excluding hydrogens is 400 g/mol. The van der Waals surface area contributed by atoms with Crippen molar-refractivity contribution in [3.63, 3.8) is 0 Å². The van der Waals surface area contributed by atoms with E-state index in [-0.39, 0.29) is 4.90 Å². The third kappa shape index (κ3) is 3.54. The van der Waals surface area contributed by atoms with E-state index in [1.165, 1.54) is 17.0 Å². The number of hydrogen-bond acceptors (Lipinski definition) is 5. The van der Waals surface area contributed by atoms with Gasteiger partial charge < -0.3 is 9.64 Å². The zero-order chi connectivity index (χ0) is 20.4. The molecule has 1 fully saturated rings. The van der Waals surface area contributed by atoms with Gasteiger partial charge in [-0.05, 0) is 63.1 Å². The Hall–Kier alpha value is -1.96. The van der Waals surface area contributed by atoms with Crippen LogP contribution in [0.5, 0.6) is 0 Å². The van der Waals surface area contributed by atoms with E-state index in [9.17, 15) is 13.2 Å². The molecule has 6 nitrogen and oxygen atoms in total. The van der Waals surface area contributed by atoms with Gasteiger partial charge in [0, 0.05) is 24.8 Å². The summed E-state index contributed by atoms with van der Waals surface area (Å²) in [6.07, 6.45) is 1.38. The lowest BCUT2D eigenvalue weighted by atomic mass is 9.94. The smallest absolute Gasteiger partial charge is 0.214 e. The molecule has 1 aromatic heterocycles. The first-order chi connectivity index (χ1) is 13.4. The fourth-order valence-corrected chi connectivity index (χ4v) is 5.78. The standard InChI is InChI=1S/C20H23ClN2O4S/c1-3-23(14-24)18-8-9-19(22-15(18)2)20(10-12-27-13-11-20)28(25,26)17-6-4-16(21)5-7-17/h4-9,14H,3,10-13H2,1-2H3. The summed E-state index contributed by atoms with van der Waals surface area (Å²) in [7, 11) is -3.74. The summed E-state index contributed by atoms with van der Waals surface area (Å²) in [5.74, 6) is 0. The number of amides is 1. The molecule has 1 aromatic carbocycles. The monoisotopic (exact) mass is 422 g/mol. The minimum Gasteiger partial charge on any atom is -0.381 e. The number of anilines is 1. The normalized spacial score (nSPS) is 16.5. The van der Waals surface area contributed by atoms with Crippen molar-refractivity contribution < 1.29 is 17.9 Å². The van der Waals surface area contributed by atoms with E-state index in [1.807, 2.05) is 6.92 Å². The Kier molecular flexibility index (Phi) is 6.07. The van der Waals surface area contributed by atoms with Crippen LogP contribution in [0.15, 0.2) is 41.3 Å². The SMILES string of the molecule is CCN(C=O)c1ccc(C2(S(=O)(=O)c3ccc(Cl)cc3)CCOCC2)nc1C. The highest BCUT2D eigenvalue weighted by Gasteiger charge is 2.48. The molecule has 2 aromatic rings. The number of benzene rings is 1. The lowest BCUT2D eigenvalue weighted by Gasteiger charge is -2.36. The predicted molar refractivity (Wildman–Crippen MR) is 108 cm³/mol.